The number of rotatable bonds is 6. The highest BCUT2D eigenvalue weighted by Crippen LogP contribution is 2.27. The summed E-state index contributed by atoms with van der Waals surface area (Å²) in [5.74, 6) is 0.729. The summed E-state index contributed by atoms with van der Waals surface area (Å²) in [5.41, 5.74) is 3.85. The van der Waals surface area contributed by atoms with Gasteiger partial charge in [0.1, 0.15) is 11.4 Å². The summed E-state index contributed by atoms with van der Waals surface area (Å²) in [4.78, 5) is 17.1. The van der Waals surface area contributed by atoms with Gasteiger partial charge in [0.25, 0.3) is 0 Å². The molecule has 136 valence electrons. The van der Waals surface area contributed by atoms with Crippen molar-refractivity contribution in [3.63, 3.8) is 0 Å². The van der Waals surface area contributed by atoms with Crippen LogP contribution in [0.1, 0.15) is 17.9 Å². The zero-order valence-corrected chi connectivity index (χ0v) is 16.1. The second kappa shape index (κ2) is 7.80. The molecule has 3 aromatic heterocycles. The number of hydrogen-bond donors (Lipinski definition) is 1. The van der Waals surface area contributed by atoms with Crippen molar-refractivity contribution in [3.05, 3.63) is 83.0 Å². The zero-order chi connectivity index (χ0) is 18.6. The lowest BCUT2D eigenvalue weighted by atomic mass is 10.1. The minimum absolute atomic E-state index is 0.0148. The third kappa shape index (κ3) is 3.95. The summed E-state index contributed by atoms with van der Waals surface area (Å²) >= 11 is 3.47. The van der Waals surface area contributed by atoms with Crippen LogP contribution in [0.15, 0.2) is 75.9 Å². The van der Waals surface area contributed by atoms with Crippen molar-refractivity contribution in [2.75, 3.05) is 0 Å². The number of halogens is 1. The van der Waals surface area contributed by atoms with Crippen LogP contribution in [0.2, 0.25) is 0 Å². The lowest BCUT2D eigenvalue weighted by molar-refractivity contribution is -0.121. The second-order valence-electron chi connectivity index (χ2n) is 6.20. The van der Waals surface area contributed by atoms with Crippen molar-refractivity contribution in [2.45, 2.75) is 19.4 Å². The smallest absolute Gasteiger partial charge is 0.220 e. The number of benzene rings is 1. The molecule has 0 saturated heterocycles. The van der Waals surface area contributed by atoms with Crippen LogP contribution < -0.4 is 5.32 Å². The number of fused-ring (bicyclic) bond motifs is 1. The minimum Gasteiger partial charge on any atom is -0.467 e. The van der Waals surface area contributed by atoms with E-state index in [0.29, 0.717) is 19.4 Å². The Bertz CT molecular complexity index is 1050. The van der Waals surface area contributed by atoms with Crippen molar-refractivity contribution < 1.29 is 9.21 Å². The molecule has 3 heterocycles. The summed E-state index contributed by atoms with van der Waals surface area (Å²) in [5, 5.41) is 2.89. The van der Waals surface area contributed by atoms with Crippen LogP contribution in [0, 0.1) is 0 Å². The first kappa shape index (κ1) is 17.5. The number of aromatic nitrogens is 2. The molecule has 0 atom stereocenters. The van der Waals surface area contributed by atoms with Crippen molar-refractivity contribution >= 4 is 27.5 Å². The molecule has 27 heavy (non-hydrogen) atoms. The second-order valence-corrected chi connectivity index (χ2v) is 7.11. The highest BCUT2D eigenvalue weighted by atomic mass is 79.9. The normalized spacial score (nSPS) is 11.0. The van der Waals surface area contributed by atoms with Gasteiger partial charge in [-0.05, 0) is 42.8 Å². The lowest BCUT2D eigenvalue weighted by Crippen LogP contribution is -2.23. The number of aryl methyl sites for hydroxylation is 1. The summed E-state index contributed by atoms with van der Waals surface area (Å²) in [7, 11) is 0. The molecule has 0 unspecified atom stereocenters. The van der Waals surface area contributed by atoms with Crippen LogP contribution in [0.3, 0.4) is 0 Å². The largest absolute Gasteiger partial charge is 0.467 e. The Morgan fingerprint density at radius 3 is 2.74 bits per heavy atom. The number of nitrogens with zero attached hydrogens (tertiary/aromatic N) is 2. The average molecular weight is 424 g/mol. The summed E-state index contributed by atoms with van der Waals surface area (Å²) in [6, 6.07) is 17.6. The first-order chi connectivity index (χ1) is 13.2. The maximum atomic E-state index is 12.3. The van der Waals surface area contributed by atoms with E-state index in [1.54, 1.807) is 6.26 Å². The highest BCUT2D eigenvalue weighted by Gasteiger charge is 2.15. The van der Waals surface area contributed by atoms with E-state index in [4.69, 9.17) is 9.40 Å². The van der Waals surface area contributed by atoms with E-state index in [1.165, 1.54) is 0 Å². The van der Waals surface area contributed by atoms with Crippen molar-refractivity contribution in [3.8, 4) is 11.3 Å². The van der Waals surface area contributed by atoms with Crippen LogP contribution in [-0.2, 0) is 17.8 Å². The number of pyridine rings is 1. The number of imidazole rings is 1. The number of hydrogen-bond acceptors (Lipinski definition) is 3. The van der Waals surface area contributed by atoms with Crippen LogP contribution in [0.5, 0.6) is 0 Å². The Kier molecular flexibility index (Phi) is 5.07. The molecule has 0 aliphatic rings. The van der Waals surface area contributed by atoms with E-state index in [9.17, 15) is 4.79 Å². The van der Waals surface area contributed by atoms with Gasteiger partial charge >= 0.3 is 0 Å². The summed E-state index contributed by atoms with van der Waals surface area (Å²) in [6.45, 7) is 0.401. The van der Waals surface area contributed by atoms with E-state index in [0.717, 1.165) is 32.8 Å². The number of amides is 1. The Balaban J connectivity index is 1.55. The molecule has 0 fully saturated rings. The van der Waals surface area contributed by atoms with E-state index < -0.39 is 0 Å². The maximum Gasteiger partial charge on any atom is 0.220 e. The van der Waals surface area contributed by atoms with Gasteiger partial charge in [0, 0.05) is 22.7 Å². The molecule has 0 saturated carbocycles. The molecule has 1 amide bonds. The molecule has 0 spiro atoms. The van der Waals surface area contributed by atoms with Crippen LogP contribution in [-0.4, -0.2) is 15.3 Å². The molecule has 5 nitrogen and oxygen atoms in total. The SMILES string of the molecule is O=C(CCc1c(-c2ccc(Br)cc2)nc2ccccn12)NCc1ccco1. The number of furan rings is 1. The number of carbonyl (C=O) groups excluding carboxylic acids is 1. The first-order valence-electron chi connectivity index (χ1n) is 8.72. The fourth-order valence-corrected chi connectivity index (χ4v) is 3.31. The molecular weight excluding hydrogens is 406 g/mol. The van der Waals surface area contributed by atoms with Crippen molar-refractivity contribution in [1.29, 1.82) is 0 Å². The highest BCUT2D eigenvalue weighted by molar-refractivity contribution is 9.10. The molecule has 0 aliphatic carbocycles. The molecule has 0 bridgehead atoms. The monoisotopic (exact) mass is 423 g/mol. The van der Waals surface area contributed by atoms with Gasteiger partial charge in [0.15, 0.2) is 0 Å². The lowest BCUT2D eigenvalue weighted by Gasteiger charge is -2.07. The van der Waals surface area contributed by atoms with Crippen LogP contribution in [0.4, 0.5) is 0 Å². The topological polar surface area (TPSA) is 59.5 Å². The quantitative estimate of drug-likeness (QED) is 0.492. The van der Waals surface area contributed by atoms with Gasteiger partial charge in [0.05, 0.1) is 24.2 Å². The van der Waals surface area contributed by atoms with Gasteiger partial charge in [0.2, 0.25) is 5.91 Å². The maximum absolute atomic E-state index is 12.3. The van der Waals surface area contributed by atoms with E-state index in [2.05, 4.69) is 25.6 Å². The van der Waals surface area contributed by atoms with Crippen LogP contribution in [0.25, 0.3) is 16.9 Å². The summed E-state index contributed by atoms with van der Waals surface area (Å²) in [6.07, 6.45) is 4.57. The Hall–Kier alpha value is -2.86. The van der Waals surface area contributed by atoms with Gasteiger partial charge in [-0.2, -0.15) is 0 Å². The molecule has 0 radical (unpaired) electrons. The van der Waals surface area contributed by atoms with Crippen LogP contribution >= 0.6 is 15.9 Å². The fourth-order valence-electron chi connectivity index (χ4n) is 3.04. The van der Waals surface area contributed by atoms with Gasteiger partial charge in [-0.15, -0.1) is 0 Å². The molecular formula is C21H18BrN3O2. The predicted molar refractivity (Wildman–Crippen MR) is 107 cm³/mol. The van der Waals surface area contributed by atoms with E-state index >= 15 is 0 Å². The zero-order valence-electron chi connectivity index (χ0n) is 14.6. The standard InChI is InChI=1S/C21H18BrN3O2/c22-16-8-6-15(7-9-16)21-18(25-12-2-1-5-19(25)24-21)10-11-20(26)23-14-17-4-3-13-27-17/h1-9,12-13H,10-11,14H2,(H,23,26). The minimum atomic E-state index is -0.0148. The third-order valence-electron chi connectivity index (χ3n) is 4.38. The Labute approximate surface area is 165 Å². The molecule has 0 aliphatic heterocycles. The van der Waals surface area contributed by atoms with E-state index in [1.807, 2.05) is 60.8 Å². The third-order valence-corrected chi connectivity index (χ3v) is 4.90. The number of carbonyl (C=O) groups is 1. The van der Waals surface area contributed by atoms with Gasteiger partial charge < -0.3 is 14.1 Å². The first-order valence-corrected chi connectivity index (χ1v) is 9.51. The molecule has 4 rings (SSSR count). The fraction of sp³-hybridized carbons (Fsp3) is 0.143. The molecule has 1 N–H and O–H groups in total. The van der Waals surface area contributed by atoms with Gasteiger partial charge in [-0.1, -0.05) is 34.1 Å². The molecule has 4 aromatic rings. The summed E-state index contributed by atoms with van der Waals surface area (Å²) < 4.78 is 8.32. The van der Waals surface area contributed by atoms with Gasteiger partial charge in [-0.25, -0.2) is 4.98 Å². The molecule has 6 heteroatoms. The van der Waals surface area contributed by atoms with Crippen molar-refractivity contribution in [2.24, 2.45) is 0 Å². The molecule has 1 aromatic carbocycles. The van der Waals surface area contributed by atoms with Gasteiger partial charge in [-0.3, -0.25) is 4.79 Å². The Morgan fingerprint density at radius 1 is 1.11 bits per heavy atom. The number of nitrogens with one attached hydrogen (secondary N) is 1. The van der Waals surface area contributed by atoms with Crippen molar-refractivity contribution in [1.82, 2.24) is 14.7 Å². The average Bonchev–Trinajstić information content (AvgIpc) is 3.33. The van der Waals surface area contributed by atoms with E-state index in [-0.39, 0.29) is 5.91 Å². The Morgan fingerprint density at radius 2 is 1.96 bits per heavy atom. The predicted octanol–water partition coefficient (Wildman–Crippen LogP) is 4.61.